The van der Waals surface area contributed by atoms with Gasteiger partial charge in [0.25, 0.3) is 5.91 Å². The number of carbonyl (C=O) groups is 2. The van der Waals surface area contributed by atoms with Gasteiger partial charge in [0.2, 0.25) is 5.91 Å². The van der Waals surface area contributed by atoms with Crippen molar-refractivity contribution in [2.75, 3.05) is 11.9 Å². The van der Waals surface area contributed by atoms with Gasteiger partial charge in [-0.15, -0.1) is 11.3 Å². The van der Waals surface area contributed by atoms with E-state index in [0.29, 0.717) is 30.0 Å². The van der Waals surface area contributed by atoms with Crippen LogP contribution in [-0.2, 0) is 17.6 Å². The zero-order chi connectivity index (χ0) is 17.8. The van der Waals surface area contributed by atoms with Crippen molar-refractivity contribution in [2.45, 2.75) is 39.0 Å². The lowest BCUT2D eigenvalue weighted by atomic mass is 10.1. The van der Waals surface area contributed by atoms with E-state index in [1.54, 1.807) is 0 Å². The van der Waals surface area contributed by atoms with Gasteiger partial charge in [-0.1, -0.05) is 18.2 Å². The highest BCUT2D eigenvalue weighted by Gasteiger charge is 2.25. The number of aryl methyl sites for hydroxylation is 2. The predicted molar refractivity (Wildman–Crippen MR) is 99.4 cm³/mol. The zero-order valence-corrected chi connectivity index (χ0v) is 15.1. The highest BCUT2D eigenvalue weighted by atomic mass is 32.1. The molecule has 0 bridgehead atoms. The molecule has 5 nitrogen and oxygen atoms in total. The monoisotopic (exact) mass is 358 g/mol. The second-order valence-corrected chi connectivity index (χ2v) is 7.30. The molecule has 0 aliphatic heterocycles. The number of carbonyl (C=O) groups excluding carboxylic acids is 2. The number of thiophene rings is 1. The molecule has 0 fully saturated rings. The molecule has 1 heterocycles. The molecule has 0 atom stereocenters. The Morgan fingerprint density at radius 2 is 2.08 bits per heavy atom. The van der Waals surface area contributed by atoms with E-state index >= 15 is 0 Å². The van der Waals surface area contributed by atoms with Crippen molar-refractivity contribution in [2.24, 2.45) is 5.73 Å². The fraction of sp³-hybridized carbons (Fsp3) is 0.368. The smallest absolute Gasteiger partial charge is 0.251 e. The Bertz CT molecular complexity index is 798. The molecular formula is C19H22N2O3S. The summed E-state index contributed by atoms with van der Waals surface area (Å²) in [6.07, 6.45) is 3.82. The van der Waals surface area contributed by atoms with Crippen LogP contribution in [0.3, 0.4) is 0 Å². The molecule has 1 aliphatic carbocycles. The van der Waals surface area contributed by atoms with Crippen LogP contribution in [0.2, 0.25) is 0 Å². The number of ether oxygens (including phenoxy) is 1. The number of para-hydroxylation sites is 1. The Morgan fingerprint density at radius 1 is 1.28 bits per heavy atom. The third-order valence-corrected chi connectivity index (χ3v) is 5.53. The molecule has 0 saturated heterocycles. The first-order valence-corrected chi connectivity index (χ1v) is 9.30. The van der Waals surface area contributed by atoms with Crippen LogP contribution in [0.25, 0.3) is 0 Å². The summed E-state index contributed by atoms with van der Waals surface area (Å²) in [6.45, 7) is 2.46. The zero-order valence-electron chi connectivity index (χ0n) is 14.3. The summed E-state index contributed by atoms with van der Waals surface area (Å²) < 4.78 is 5.70. The maximum Gasteiger partial charge on any atom is 0.251 e. The van der Waals surface area contributed by atoms with Gasteiger partial charge in [0.15, 0.2) is 0 Å². The number of amides is 2. The van der Waals surface area contributed by atoms with Crippen LogP contribution in [-0.4, -0.2) is 18.4 Å². The molecule has 2 aromatic rings. The standard InChI is InChI=1S/C19H22N2O3S/c1-12-6-2-3-8-14(12)24-11-5-10-16(22)21-19-17(18(20)23)13-7-4-9-15(13)25-19/h2-3,6,8H,4-5,7,9-11H2,1H3,(H2,20,23)(H,21,22). The van der Waals surface area contributed by atoms with E-state index in [9.17, 15) is 9.59 Å². The van der Waals surface area contributed by atoms with Gasteiger partial charge in [-0.3, -0.25) is 9.59 Å². The van der Waals surface area contributed by atoms with Gasteiger partial charge in [0, 0.05) is 11.3 Å². The predicted octanol–water partition coefficient (Wildman–Crippen LogP) is 3.44. The van der Waals surface area contributed by atoms with Gasteiger partial charge in [-0.05, 0) is 49.8 Å². The molecule has 3 rings (SSSR count). The van der Waals surface area contributed by atoms with Gasteiger partial charge in [-0.25, -0.2) is 0 Å². The molecule has 0 saturated carbocycles. The highest BCUT2D eigenvalue weighted by molar-refractivity contribution is 7.17. The van der Waals surface area contributed by atoms with E-state index in [0.717, 1.165) is 36.1 Å². The summed E-state index contributed by atoms with van der Waals surface area (Å²) in [5.41, 5.74) is 8.11. The van der Waals surface area contributed by atoms with Crippen molar-refractivity contribution in [3.05, 3.63) is 45.8 Å². The molecule has 1 aromatic heterocycles. The van der Waals surface area contributed by atoms with Crippen molar-refractivity contribution < 1.29 is 14.3 Å². The van der Waals surface area contributed by atoms with Crippen molar-refractivity contribution in [1.82, 2.24) is 0 Å². The Kier molecular flexibility index (Phi) is 5.38. The van der Waals surface area contributed by atoms with E-state index < -0.39 is 5.91 Å². The lowest BCUT2D eigenvalue weighted by molar-refractivity contribution is -0.116. The van der Waals surface area contributed by atoms with Crippen LogP contribution in [0, 0.1) is 6.92 Å². The molecule has 6 heteroatoms. The molecule has 3 N–H and O–H groups in total. The number of benzene rings is 1. The first kappa shape index (κ1) is 17.5. The molecule has 1 aromatic carbocycles. The van der Waals surface area contributed by atoms with Crippen LogP contribution >= 0.6 is 11.3 Å². The van der Waals surface area contributed by atoms with Crippen molar-refractivity contribution in [1.29, 1.82) is 0 Å². The van der Waals surface area contributed by atoms with Gasteiger partial charge >= 0.3 is 0 Å². The van der Waals surface area contributed by atoms with Crippen molar-refractivity contribution >= 4 is 28.2 Å². The number of anilines is 1. The summed E-state index contributed by atoms with van der Waals surface area (Å²) in [5.74, 6) is 0.266. The van der Waals surface area contributed by atoms with Gasteiger partial charge in [0.1, 0.15) is 10.8 Å². The first-order chi connectivity index (χ1) is 12.1. The summed E-state index contributed by atoms with van der Waals surface area (Å²) in [6, 6.07) is 7.80. The SMILES string of the molecule is Cc1ccccc1OCCCC(=O)Nc1sc2c(c1C(N)=O)CCC2. The lowest BCUT2D eigenvalue weighted by Gasteiger charge is -2.09. The first-order valence-electron chi connectivity index (χ1n) is 8.49. The third kappa shape index (κ3) is 4.02. The van der Waals surface area contributed by atoms with E-state index in [2.05, 4.69) is 5.32 Å². The maximum atomic E-state index is 12.2. The normalized spacial score (nSPS) is 12.7. The van der Waals surface area contributed by atoms with Crippen LogP contribution < -0.4 is 15.8 Å². The molecule has 25 heavy (non-hydrogen) atoms. The van der Waals surface area contributed by atoms with Crippen LogP contribution in [0.4, 0.5) is 5.00 Å². The Balaban J connectivity index is 1.52. The quantitative estimate of drug-likeness (QED) is 0.744. The van der Waals surface area contributed by atoms with Crippen LogP contribution in [0.1, 0.15) is 45.6 Å². The number of rotatable bonds is 7. The minimum atomic E-state index is -0.461. The number of hydrogen-bond donors (Lipinski definition) is 2. The second kappa shape index (κ2) is 7.70. The molecule has 0 unspecified atom stereocenters. The molecule has 2 amide bonds. The average molecular weight is 358 g/mol. The second-order valence-electron chi connectivity index (χ2n) is 6.19. The molecule has 0 radical (unpaired) electrons. The number of nitrogens with one attached hydrogen (secondary N) is 1. The number of fused-ring (bicyclic) bond motifs is 1. The van der Waals surface area contributed by atoms with Crippen LogP contribution in [0.5, 0.6) is 5.75 Å². The largest absolute Gasteiger partial charge is 0.493 e. The van der Waals surface area contributed by atoms with E-state index in [4.69, 9.17) is 10.5 Å². The summed E-state index contributed by atoms with van der Waals surface area (Å²) in [5, 5.41) is 3.45. The van der Waals surface area contributed by atoms with Gasteiger partial charge in [-0.2, -0.15) is 0 Å². The highest BCUT2D eigenvalue weighted by Crippen LogP contribution is 2.38. The number of primary amides is 1. The maximum absolute atomic E-state index is 12.2. The third-order valence-electron chi connectivity index (χ3n) is 4.32. The molecular weight excluding hydrogens is 336 g/mol. The summed E-state index contributed by atoms with van der Waals surface area (Å²) >= 11 is 1.48. The Hall–Kier alpha value is -2.34. The lowest BCUT2D eigenvalue weighted by Crippen LogP contribution is -2.18. The number of nitrogens with two attached hydrogens (primary N) is 1. The van der Waals surface area contributed by atoms with Crippen molar-refractivity contribution in [3.8, 4) is 5.75 Å². The van der Waals surface area contributed by atoms with Gasteiger partial charge in [0.05, 0.1) is 12.2 Å². The minimum Gasteiger partial charge on any atom is -0.493 e. The van der Waals surface area contributed by atoms with Crippen LogP contribution in [0.15, 0.2) is 24.3 Å². The van der Waals surface area contributed by atoms with E-state index in [1.165, 1.54) is 16.2 Å². The summed E-state index contributed by atoms with van der Waals surface area (Å²) in [4.78, 5) is 25.1. The summed E-state index contributed by atoms with van der Waals surface area (Å²) in [7, 11) is 0. The molecule has 0 spiro atoms. The average Bonchev–Trinajstić information content (AvgIpc) is 3.13. The topological polar surface area (TPSA) is 81.4 Å². The Labute approximate surface area is 151 Å². The fourth-order valence-corrected chi connectivity index (χ4v) is 4.39. The Morgan fingerprint density at radius 3 is 2.84 bits per heavy atom. The van der Waals surface area contributed by atoms with E-state index in [-0.39, 0.29) is 5.91 Å². The molecule has 132 valence electrons. The minimum absolute atomic E-state index is 0.115. The van der Waals surface area contributed by atoms with Gasteiger partial charge < -0.3 is 15.8 Å². The molecule has 1 aliphatic rings. The van der Waals surface area contributed by atoms with Crippen molar-refractivity contribution in [3.63, 3.8) is 0 Å². The fourth-order valence-electron chi connectivity index (χ4n) is 3.08. The number of hydrogen-bond acceptors (Lipinski definition) is 4. The van der Waals surface area contributed by atoms with E-state index in [1.807, 2.05) is 31.2 Å².